The van der Waals surface area contributed by atoms with Gasteiger partial charge in [-0.2, -0.15) is 0 Å². The van der Waals surface area contributed by atoms with Crippen LogP contribution in [0.4, 0.5) is 0 Å². The van der Waals surface area contributed by atoms with Gasteiger partial charge in [-0.05, 0) is 37.5 Å². The normalized spacial score (nSPS) is 22.0. The summed E-state index contributed by atoms with van der Waals surface area (Å²) in [6, 6.07) is 7.77. The first-order chi connectivity index (χ1) is 8.16. The lowest BCUT2D eigenvalue weighted by Crippen LogP contribution is -2.48. The van der Waals surface area contributed by atoms with Crippen LogP contribution in [-0.2, 0) is 4.79 Å². The average molecular weight is 253 g/mol. The molecule has 2 unspecified atom stereocenters. The van der Waals surface area contributed by atoms with Gasteiger partial charge in [0, 0.05) is 17.6 Å². The third kappa shape index (κ3) is 3.20. The molecule has 0 bridgehead atoms. The number of amides is 1. The molecule has 1 heterocycles. The number of carbonyl (C=O) groups is 1. The third-order valence-corrected chi connectivity index (χ3v) is 3.32. The van der Waals surface area contributed by atoms with E-state index in [-0.39, 0.29) is 18.0 Å². The van der Waals surface area contributed by atoms with E-state index in [9.17, 15) is 4.79 Å². The molecule has 92 valence electrons. The van der Waals surface area contributed by atoms with E-state index in [1.54, 1.807) is 0 Å². The number of rotatable bonds is 3. The molecule has 0 aliphatic carbocycles. The standard InChI is InChI=1S/C13H17ClN2O/c1-9(10-4-2-5-11(14)8-10)16-12-6-3-7-15-13(12)17/h2,4-5,8-9,12,16H,3,6-7H2,1H3,(H,15,17). The van der Waals surface area contributed by atoms with Gasteiger partial charge >= 0.3 is 0 Å². The largest absolute Gasteiger partial charge is 0.355 e. The molecule has 1 aliphatic heterocycles. The van der Waals surface area contributed by atoms with Gasteiger partial charge in [0.15, 0.2) is 0 Å². The zero-order valence-corrected chi connectivity index (χ0v) is 10.6. The van der Waals surface area contributed by atoms with Gasteiger partial charge in [-0.1, -0.05) is 23.7 Å². The molecule has 3 nitrogen and oxygen atoms in total. The molecule has 0 saturated carbocycles. The summed E-state index contributed by atoms with van der Waals surface area (Å²) in [6.07, 6.45) is 1.93. The van der Waals surface area contributed by atoms with E-state index < -0.39 is 0 Å². The van der Waals surface area contributed by atoms with Crippen molar-refractivity contribution in [2.75, 3.05) is 6.54 Å². The summed E-state index contributed by atoms with van der Waals surface area (Å²) in [4.78, 5) is 11.6. The van der Waals surface area contributed by atoms with Gasteiger partial charge in [-0.3, -0.25) is 10.1 Å². The fourth-order valence-electron chi connectivity index (χ4n) is 2.11. The maximum atomic E-state index is 11.6. The molecule has 1 amide bonds. The number of nitrogens with one attached hydrogen (secondary N) is 2. The van der Waals surface area contributed by atoms with Crippen LogP contribution in [-0.4, -0.2) is 18.5 Å². The minimum Gasteiger partial charge on any atom is -0.355 e. The summed E-state index contributed by atoms with van der Waals surface area (Å²) >= 11 is 5.95. The predicted octanol–water partition coefficient (Wildman–Crippen LogP) is 2.27. The van der Waals surface area contributed by atoms with Crippen molar-refractivity contribution in [1.82, 2.24) is 10.6 Å². The number of hydrogen-bond acceptors (Lipinski definition) is 2. The van der Waals surface area contributed by atoms with Crippen LogP contribution in [0.3, 0.4) is 0 Å². The first-order valence-electron chi connectivity index (χ1n) is 5.96. The molecule has 1 aliphatic rings. The Bertz CT molecular complexity index is 408. The van der Waals surface area contributed by atoms with E-state index in [1.165, 1.54) is 0 Å². The minimum atomic E-state index is -0.0854. The van der Waals surface area contributed by atoms with E-state index in [2.05, 4.69) is 10.6 Å². The van der Waals surface area contributed by atoms with Crippen LogP contribution in [0.15, 0.2) is 24.3 Å². The fraction of sp³-hybridized carbons (Fsp3) is 0.462. The average Bonchev–Trinajstić information content (AvgIpc) is 2.32. The van der Waals surface area contributed by atoms with Crippen LogP contribution in [0.5, 0.6) is 0 Å². The van der Waals surface area contributed by atoms with Crippen LogP contribution in [0.25, 0.3) is 0 Å². The lowest BCUT2D eigenvalue weighted by Gasteiger charge is -2.26. The zero-order valence-electron chi connectivity index (χ0n) is 9.87. The summed E-state index contributed by atoms with van der Waals surface area (Å²) in [7, 11) is 0. The first kappa shape index (κ1) is 12.4. The Morgan fingerprint density at radius 3 is 3.06 bits per heavy atom. The Labute approximate surface area is 107 Å². The maximum absolute atomic E-state index is 11.6. The van der Waals surface area contributed by atoms with E-state index in [0.29, 0.717) is 0 Å². The Hall–Kier alpha value is -1.06. The van der Waals surface area contributed by atoms with Gasteiger partial charge < -0.3 is 5.32 Å². The molecule has 1 fully saturated rings. The van der Waals surface area contributed by atoms with Gasteiger partial charge in [0.25, 0.3) is 0 Å². The van der Waals surface area contributed by atoms with Crippen molar-refractivity contribution >= 4 is 17.5 Å². The highest BCUT2D eigenvalue weighted by molar-refractivity contribution is 6.30. The van der Waals surface area contributed by atoms with Crippen molar-refractivity contribution in [3.63, 3.8) is 0 Å². The lowest BCUT2D eigenvalue weighted by atomic mass is 10.0. The second-order valence-electron chi connectivity index (χ2n) is 4.43. The van der Waals surface area contributed by atoms with E-state index in [4.69, 9.17) is 11.6 Å². The van der Waals surface area contributed by atoms with Crippen molar-refractivity contribution in [3.8, 4) is 0 Å². The third-order valence-electron chi connectivity index (χ3n) is 3.09. The van der Waals surface area contributed by atoms with Crippen LogP contribution in [0, 0.1) is 0 Å². The smallest absolute Gasteiger partial charge is 0.237 e. The SMILES string of the molecule is CC(NC1CCCNC1=O)c1cccc(Cl)c1. The van der Waals surface area contributed by atoms with Crippen LogP contribution in [0.1, 0.15) is 31.4 Å². The highest BCUT2D eigenvalue weighted by Gasteiger charge is 2.23. The Morgan fingerprint density at radius 2 is 2.35 bits per heavy atom. The number of halogens is 1. The predicted molar refractivity (Wildman–Crippen MR) is 69.0 cm³/mol. The highest BCUT2D eigenvalue weighted by Crippen LogP contribution is 2.18. The first-order valence-corrected chi connectivity index (χ1v) is 6.34. The zero-order chi connectivity index (χ0) is 12.3. The van der Waals surface area contributed by atoms with Gasteiger partial charge in [0.05, 0.1) is 6.04 Å². The molecule has 17 heavy (non-hydrogen) atoms. The van der Waals surface area contributed by atoms with Gasteiger partial charge in [0.1, 0.15) is 0 Å². The second-order valence-corrected chi connectivity index (χ2v) is 4.87. The topological polar surface area (TPSA) is 41.1 Å². The van der Waals surface area contributed by atoms with E-state index in [0.717, 1.165) is 30.0 Å². The van der Waals surface area contributed by atoms with E-state index >= 15 is 0 Å². The number of piperidine rings is 1. The molecule has 2 rings (SSSR count). The maximum Gasteiger partial charge on any atom is 0.237 e. The fourth-order valence-corrected chi connectivity index (χ4v) is 2.30. The van der Waals surface area contributed by atoms with Crippen molar-refractivity contribution in [2.45, 2.75) is 31.8 Å². The van der Waals surface area contributed by atoms with Crippen LogP contribution in [0.2, 0.25) is 5.02 Å². The lowest BCUT2D eigenvalue weighted by molar-refractivity contribution is -0.124. The quantitative estimate of drug-likeness (QED) is 0.867. The summed E-state index contributed by atoms with van der Waals surface area (Å²) in [5, 5.41) is 6.94. The molecule has 0 spiro atoms. The molecule has 4 heteroatoms. The molecule has 2 N–H and O–H groups in total. The Morgan fingerprint density at radius 1 is 1.53 bits per heavy atom. The van der Waals surface area contributed by atoms with Crippen LogP contribution < -0.4 is 10.6 Å². The van der Waals surface area contributed by atoms with Crippen molar-refractivity contribution < 1.29 is 4.79 Å². The van der Waals surface area contributed by atoms with E-state index in [1.807, 2.05) is 31.2 Å². The van der Waals surface area contributed by atoms with Gasteiger partial charge in [-0.25, -0.2) is 0 Å². The number of benzene rings is 1. The molecule has 0 radical (unpaired) electrons. The molecule has 1 aromatic carbocycles. The summed E-state index contributed by atoms with van der Waals surface area (Å²) in [5.74, 6) is 0.102. The van der Waals surface area contributed by atoms with Crippen LogP contribution >= 0.6 is 11.6 Å². The molecular weight excluding hydrogens is 236 g/mol. The molecule has 2 atom stereocenters. The Balaban J connectivity index is 2.00. The monoisotopic (exact) mass is 252 g/mol. The Kier molecular flexibility index (Phi) is 4.02. The second kappa shape index (κ2) is 5.52. The minimum absolute atomic E-state index is 0.0854. The van der Waals surface area contributed by atoms with Crippen molar-refractivity contribution in [1.29, 1.82) is 0 Å². The summed E-state index contributed by atoms with van der Waals surface area (Å²) in [6.45, 7) is 2.84. The number of carbonyl (C=O) groups excluding carboxylic acids is 1. The molecule has 1 saturated heterocycles. The van der Waals surface area contributed by atoms with Gasteiger partial charge in [0.2, 0.25) is 5.91 Å². The molecule has 1 aromatic rings. The highest BCUT2D eigenvalue weighted by atomic mass is 35.5. The van der Waals surface area contributed by atoms with Crippen molar-refractivity contribution in [3.05, 3.63) is 34.9 Å². The summed E-state index contributed by atoms with van der Waals surface area (Å²) < 4.78 is 0. The van der Waals surface area contributed by atoms with Gasteiger partial charge in [-0.15, -0.1) is 0 Å². The van der Waals surface area contributed by atoms with Crippen molar-refractivity contribution in [2.24, 2.45) is 0 Å². The number of hydrogen-bond donors (Lipinski definition) is 2. The molecular formula is C13H17ClN2O. The summed E-state index contributed by atoms with van der Waals surface area (Å²) in [5.41, 5.74) is 1.11. The molecule has 0 aromatic heterocycles.